The lowest BCUT2D eigenvalue weighted by molar-refractivity contribution is 0.386. The molecule has 1 aromatic carbocycles. The van der Waals surface area contributed by atoms with Gasteiger partial charge in [-0.2, -0.15) is 0 Å². The average Bonchev–Trinajstić information content (AvgIpc) is 2.60. The molecule has 0 amide bonds. The van der Waals surface area contributed by atoms with E-state index in [9.17, 15) is 0 Å². The van der Waals surface area contributed by atoms with Gasteiger partial charge in [-0.3, -0.25) is 0 Å². The van der Waals surface area contributed by atoms with Gasteiger partial charge in [-0.05, 0) is 36.1 Å². The van der Waals surface area contributed by atoms with Gasteiger partial charge in [0.25, 0.3) is 0 Å². The number of thiazole rings is 1. The Morgan fingerprint density at radius 2 is 2.13 bits per heavy atom. The second-order valence-electron chi connectivity index (χ2n) is 4.35. The zero-order chi connectivity index (χ0) is 10.5. The Bertz CT molecular complexity index is 516. The Kier molecular flexibility index (Phi) is 1.86. The van der Waals surface area contributed by atoms with E-state index in [0.717, 1.165) is 24.8 Å². The largest absolute Gasteiger partial charge is 0.313 e. The maximum absolute atomic E-state index is 5.98. The van der Waals surface area contributed by atoms with Gasteiger partial charge in [0, 0.05) is 6.42 Å². The van der Waals surface area contributed by atoms with Crippen LogP contribution >= 0.6 is 11.3 Å². The van der Waals surface area contributed by atoms with Crippen LogP contribution in [0.5, 0.6) is 0 Å². The van der Waals surface area contributed by atoms with Gasteiger partial charge >= 0.3 is 0 Å². The van der Waals surface area contributed by atoms with Gasteiger partial charge < -0.3 is 11.5 Å². The van der Waals surface area contributed by atoms with Crippen molar-refractivity contribution >= 4 is 21.6 Å². The first-order valence-corrected chi connectivity index (χ1v) is 5.95. The van der Waals surface area contributed by atoms with Crippen molar-refractivity contribution in [3.05, 3.63) is 28.8 Å². The highest BCUT2D eigenvalue weighted by Gasteiger charge is 2.26. The normalized spacial score (nSPS) is 19.1. The lowest BCUT2D eigenvalue weighted by atomic mass is 9.84. The van der Waals surface area contributed by atoms with Crippen LogP contribution < -0.4 is 11.5 Å². The van der Waals surface area contributed by atoms with Crippen LogP contribution in [0.1, 0.15) is 17.5 Å². The summed E-state index contributed by atoms with van der Waals surface area (Å²) in [5, 5.41) is 0. The van der Waals surface area contributed by atoms with Crippen molar-refractivity contribution in [2.75, 3.05) is 0 Å². The quantitative estimate of drug-likeness (QED) is 0.658. The van der Waals surface area contributed by atoms with Crippen molar-refractivity contribution < 1.29 is 0 Å². The Balaban J connectivity index is 2.16. The molecule has 4 N–H and O–H groups in total. The third-order valence-corrected chi connectivity index (χ3v) is 3.82. The van der Waals surface area contributed by atoms with Crippen molar-refractivity contribution in [2.24, 2.45) is 11.5 Å². The molecule has 1 heterocycles. The minimum Gasteiger partial charge on any atom is -0.313 e. The molecule has 0 fully saturated rings. The number of nitrogens with two attached hydrogens (primary N) is 2. The number of hydrogen-bond donors (Lipinski definition) is 2. The first-order chi connectivity index (χ1) is 7.14. The molecular formula is C11H13N3S. The van der Waals surface area contributed by atoms with Gasteiger partial charge in [0.1, 0.15) is 0 Å². The second kappa shape index (κ2) is 3.01. The Labute approximate surface area is 92.1 Å². The van der Waals surface area contributed by atoms with Crippen molar-refractivity contribution in [3.63, 3.8) is 0 Å². The molecular weight excluding hydrogens is 206 g/mol. The number of fused-ring (bicyclic) bond motifs is 2. The van der Waals surface area contributed by atoms with Crippen molar-refractivity contribution in [2.45, 2.75) is 24.9 Å². The fourth-order valence-electron chi connectivity index (χ4n) is 2.20. The highest BCUT2D eigenvalue weighted by Crippen LogP contribution is 2.29. The molecule has 0 bridgehead atoms. The Hall–Kier alpha value is -0.970. The molecule has 15 heavy (non-hydrogen) atoms. The maximum atomic E-state index is 5.98. The van der Waals surface area contributed by atoms with E-state index in [1.54, 1.807) is 11.3 Å². The summed E-state index contributed by atoms with van der Waals surface area (Å²) in [5.74, 6) is 0. The highest BCUT2D eigenvalue weighted by atomic mass is 32.1. The molecule has 4 heteroatoms. The third kappa shape index (κ3) is 1.55. The van der Waals surface area contributed by atoms with Crippen LogP contribution in [-0.2, 0) is 12.8 Å². The number of aromatic nitrogens is 1. The van der Waals surface area contributed by atoms with E-state index in [0.29, 0.717) is 0 Å². The number of aryl methyl sites for hydroxylation is 1. The molecule has 0 aliphatic heterocycles. The minimum absolute atomic E-state index is 0.522. The lowest BCUT2D eigenvalue weighted by Crippen LogP contribution is -2.53. The zero-order valence-electron chi connectivity index (χ0n) is 8.36. The molecule has 0 atom stereocenters. The van der Waals surface area contributed by atoms with Crippen LogP contribution in [0.3, 0.4) is 0 Å². The molecule has 3 rings (SSSR count). The molecule has 1 aromatic heterocycles. The number of rotatable bonds is 0. The molecule has 78 valence electrons. The van der Waals surface area contributed by atoms with Crippen LogP contribution in [0.4, 0.5) is 0 Å². The second-order valence-corrected chi connectivity index (χ2v) is 5.24. The summed E-state index contributed by atoms with van der Waals surface area (Å²) >= 11 is 1.67. The first-order valence-electron chi connectivity index (χ1n) is 5.07. The van der Waals surface area contributed by atoms with E-state index < -0.39 is 5.66 Å². The summed E-state index contributed by atoms with van der Waals surface area (Å²) in [6, 6.07) is 4.37. The molecule has 3 nitrogen and oxygen atoms in total. The molecule has 0 saturated heterocycles. The summed E-state index contributed by atoms with van der Waals surface area (Å²) in [4.78, 5) is 4.32. The SMILES string of the molecule is NC1(N)CCc2cc3ncsc3cc2C1. The van der Waals surface area contributed by atoms with Gasteiger partial charge in [0.15, 0.2) is 0 Å². The van der Waals surface area contributed by atoms with Crippen molar-refractivity contribution in [1.29, 1.82) is 0 Å². The zero-order valence-corrected chi connectivity index (χ0v) is 9.18. The fraction of sp³-hybridized carbons (Fsp3) is 0.364. The lowest BCUT2D eigenvalue weighted by Gasteiger charge is -2.30. The van der Waals surface area contributed by atoms with Crippen molar-refractivity contribution in [1.82, 2.24) is 4.98 Å². The first kappa shape index (κ1) is 9.27. The highest BCUT2D eigenvalue weighted by molar-refractivity contribution is 7.16. The summed E-state index contributed by atoms with van der Waals surface area (Å²) in [6.45, 7) is 0. The van der Waals surface area contributed by atoms with Gasteiger partial charge in [-0.15, -0.1) is 11.3 Å². The van der Waals surface area contributed by atoms with Crippen LogP contribution in [-0.4, -0.2) is 10.6 Å². The predicted molar refractivity (Wildman–Crippen MR) is 62.8 cm³/mol. The predicted octanol–water partition coefficient (Wildman–Crippen LogP) is 1.40. The summed E-state index contributed by atoms with van der Waals surface area (Å²) in [7, 11) is 0. The van der Waals surface area contributed by atoms with Gasteiger partial charge in [-0.1, -0.05) is 0 Å². The van der Waals surface area contributed by atoms with Crippen LogP contribution in [0.25, 0.3) is 10.2 Å². The van der Waals surface area contributed by atoms with Gasteiger partial charge in [0.2, 0.25) is 0 Å². The molecule has 0 spiro atoms. The van der Waals surface area contributed by atoms with Gasteiger partial charge in [0.05, 0.1) is 21.4 Å². The molecule has 0 saturated carbocycles. The summed E-state index contributed by atoms with van der Waals surface area (Å²) in [6.07, 6.45) is 2.60. The number of nitrogens with zero attached hydrogens (tertiary/aromatic N) is 1. The van der Waals surface area contributed by atoms with E-state index in [4.69, 9.17) is 11.5 Å². The fourth-order valence-corrected chi connectivity index (χ4v) is 2.92. The van der Waals surface area contributed by atoms with Crippen LogP contribution in [0, 0.1) is 0 Å². The summed E-state index contributed by atoms with van der Waals surface area (Å²) in [5.41, 5.74) is 17.1. The maximum Gasteiger partial charge on any atom is 0.0814 e. The molecule has 1 aliphatic rings. The summed E-state index contributed by atoms with van der Waals surface area (Å²) < 4.78 is 1.23. The Morgan fingerprint density at radius 1 is 1.27 bits per heavy atom. The molecule has 2 aromatic rings. The van der Waals surface area contributed by atoms with Crippen LogP contribution in [0.15, 0.2) is 17.6 Å². The number of benzene rings is 1. The van der Waals surface area contributed by atoms with E-state index in [1.807, 2.05) is 5.51 Å². The van der Waals surface area contributed by atoms with E-state index >= 15 is 0 Å². The third-order valence-electron chi connectivity index (χ3n) is 3.03. The topological polar surface area (TPSA) is 64.9 Å². The van der Waals surface area contributed by atoms with Crippen molar-refractivity contribution in [3.8, 4) is 0 Å². The van der Waals surface area contributed by atoms with E-state index in [2.05, 4.69) is 17.1 Å². The molecule has 0 radical (unpaired) electrons. The standard InChI is InChI=1S/C11H13N3S/c12-11(13)2-1-7-3-9-10(15-6-14-9)4-8(7)5-11/h3-4,6H,1-2,5,12-13H2. The molecule has 1 aliphatic carbocycles. The van der Waals surface area contributed by atoms with Crippen LogP contribution in [0.2, 0.25) is 0 Å². The molecule has 0 unspecified atom stereocenters. The Morgan fingerprint density at radius 3 is 3.00 bits per heavy atom. The minimum atomic E-state index is -0.522. The number of hydrogen-bond acceptors (Lipinski definition) is 4. The smallest absolute Gasteiger partial charge is 0.0814 e. The average molecular weight is 219 g/mol. The monoisotopic (exact) mass is 219 g/mol. The van der Waals surface area contributed by atoms with E-state index in [1.165, 1.54) is 15.8 Å². The van der Waals surface area contributed by atoms with Gasteiger partial charge in [-0.25, -0.2) is 4.98 Å². The van der Waals surface area contributed by atoms with E-state index in [-0.39, 0.29) is 0 Å².